The second kappa shape index (κ2) is 8.37. The van der Waals surface area contributed by atoms with Crippen LogP contribution in [0.1, 0.15) is 11.1 Å². The van der Waals surface area contributed by atoms with Crippen LogP contribution in [0.5, 0.6) is 23.0 Å². The fraction of sp³-hybridized carbons (Fsp3) is 0.100. The second-order valence-electron chi connectivity index (χ2n) is 5.45. The summed E-state index contributed by atoms with van der Waals surface area (Å²) in [4.78, 5) is 8.82. The summed E-state index contributed by atoms with van der Waals surface area (Å²) in [6, 6.07) is 10.4. The normalized spacial score (nSPS) is 11.3. The Kier molecular flexibility index (Phi) is 5.73. The SMILES string of the molecule is COc1cccc(C=Nc2cscc2N=Cc2cccc(OC)c2O)c1O. The Bertz CT molecular complexity index is 917. The summed E-state index contributed by atoms with van der Waals surface area (Å²) in [6.45, 7) is 0. The van der Waals surface area contributed by atoms with Crippen LogP contribution < -0.4 is 9.47 Å². The Labute approximate surface area is 160 Å². The molecule has 0 unspecified atom stereocenters. The first-order chi connectivity index (χ1) is 13.1. The van der Waals surface area contributed by atoms with Gasteiger partial charge in [-0.2, -0.15) is 0 Å². The highest BCUT2D eigenvalue weighted by Gasteiger charge is 2.07. The van der Waals surface area contributed by atoms with Crippen molar-refractivity contribution >= 4 is 35.1 Å². The van der Waals surface area contributed by atoms with Gasteiger partial charge in [-0.25, -0.2) is 0 Å². The van der Waals surface area contributed by atoms with E-state index in [1.165, 1.54) is 25.6 Å². The number of phenols is 2. The molecule has 6 nitrogen and oxygen atoms in total. The van der Waals surface area contributed by atoms with Crippen molar-refractivity contribution in [3.63, 3.8) is 0 Å². The van der Waals surface area contributed by atoms with Gasteiger partial charge in [0.05, 0.1) is 25.6 Å². The van der Waals surface area contributed by atoms with Gasteiger partial charge in [0.15, 0.2) is 23.0 Å². The summed E-state index contributed by atoms with van der Waals surface area (Å²) in [5, 5.41) is 24.0. The molecule has 1 aromatic heterocycles. The topological polar surface area (TPSA) is 83.6 Å². The summed E-state index contributed by atoms with van der Waals surface area (Å²) >= 11 is 1.46. The number of benzene rings is 2. The first-order valence-corrected chi connectivity index (χ1v) is 8.94. The van der Waals surface area contributed by atoms with Crippen molar-refractivity contribution in [1.29, 1.82) is 0 Å². The molecule has 2 N–H and O–H groups in total. The molecule has 0 saturated carbocycles. The van der Waals surface area contributed by atoms with Gasteiger partial charge in [-0.05, 0) is 24.3 Å². The zero-order valence-corrected chi connectivity index (χ0v) is 15.6. The quantitative estimate of drug-likeness (QED) is 0.607. The summed E-state index contributed by atoms with van der Waals surface area (Å²) in [6.07, 6.45) is 3.11. The average molecular weight is 382 g/mol. The molecule has 3 rings (SSSR count). The maximum Gasteiger partial charge on any atom is 0.166 e. The number of aromatic hydroxyl groups is 2. The molecule has 0 aliphatic heterocycles. The zero-order chi connectivity index (χ0) is 19.2. The minimum atomic E-state index is 0.0327. The predicted molar refractivity (Wildman–Crippen MR) is 108 cm³/mol. The van der Waals surface area contributed by atoms with Crippen LogP contribution >= 0.6 is 11.3 Å². The Hall–Kier alpha value is -3.32. The van der Waals surface area contributed by atoms with E-state index >= 15 is 0 Å². The van der Waals surface area contributed by atoms with Gasteiger partial charge in [-0.1, -0.05) is 12.1 Å². The molecule has 0 bridgehead atoms. The van der Waals surface area contributed by atoms with Gasteiger partial charge in [-0.15, -0.1) is 11.3 Å². The average Bonchev–Trinajstić information content (AvgIpc) is 3.14. The molecular weight excluding hydrogens is 364 g/mol. The lowest BCUT2D eigenvalue weighted by Gasteiger charge is -2.05. The Morgan fingerprint density at radius 3 is 1.63 bits per heavy atom. The third-order valence-electron chi connectivity index (χ3n) is 3.81. The summed E-state index contributed by atoms with van der Waals surface area (Å²) in [7, 11) is 2.99. The standard InChI is InChI=1S/C20H18N2O4S/c1-25-17-7-3-5-13(19(17)23)9-21-15-11-27-12-16(15)22-10-14-6-4-8-18(26-2)20(14)24/h3-12,23-24H,1-2H3. The number of rotatable bonds is 6. The summed E-state index contributed by atoms with van der Waals surface area (Å²) in [5.74, 6) is 0.836. The lowest BCUT2D eigenvalue weighted by molar-refractivity contribution is 0.373. The molecule has 138 valence electrons. The summed E-state index contributed by atoms with van der Waals surface area (Å²) < 4.78 is 10.2. The Morgan fingerprint density at radius 1 is 0.778 bits per heavy atom. The Morgan fingerprint density at radius 2 is 1.22 bits per heavy atom. The van der Waals surface area contributed by atoms with Crippen molar-refractivity contribution in [1.82, 2.24) is 0 Å². The van der Waals surface area contributed by atoms with E-state index in [4.69, 9.17) is 9.47 Å². The molecular formula is C20H18N2O4S. The van der Waals surface area contributed by atoms with Crippen molar-refractivity contribution in [3.05, 3.63) is 58.3 Å². The molecule has 0 fully saturated rings. The maximum atomic E-state index is 10.1. The molecule has 1 heterocycles. The molecule has 3 aromatic rings. The molecule has 2 aromatic carbocycles. The molecule has 0 spiro atoms. The van der Waals surface area contributed by atoms with Gasteiger partial charge in [0.1, 0.15) is 0 Å². The highest BCUT2D eigenvalue weighted by molar-refractivity contribution is 7.08. The van der Waals surface area contributed by atoms with Crippen LogP contribution in [0.3, 0.4) is 0 Å². The lowest BCUT2D eigenvalue weighted by atomic mass is 10.2. The van der Waals surface area contributed by atoms with Gasteiger partial charge in [-0.3, -0.25) is 9.98 Å². The van der Waals surface area contributed by atoms with E-state index in [1.807, 2.05) is 10.8 Å². The van der Waals surface area contributed by atoms with E-state index in [0.29, 0.717) is 34.0 Å². The smallest absolute Gasteiger partial charge is 0.166 e. The van der Waals surface area contributed by atoms with E-state index in [2.05, 4.69) is 9.98 Å². The van der Waals surface area contributed by atoms with Gasteiger partial charge >= 0.3 is 0 Å². The number of aliphatic imine (C=N–C) groups is 2. The van der Waals surface area contributed by atoms with Crippen LogP contribution in [0.4, 0.5) is 11.4 Å². The van der Waals surface area contributed by atoms with E-state index < -0.39 is 0 Å². The number of phenolic OH excluding ortho intramolecular Hbond substituents is 2. The van der Waals surface area contributed by atoms with Gasteiger partial charge in [0, 0.05) is 34.3 Å². The monoisotopic (exact) mass is 382 g/mol. The largest absolute Gasteiger partial charge is 0.504 e. The molecule has 0 aliphatic carbocycles. The van der Waals surface area contributed by atoms with Gasteiger partial charge in [0.25, 0.3) is 0 Å². The molecule has 0 aliphatic rings. The van der Waals surface area contributed by atoms with Crippen LogP contribution in [-0.4, -0.2) is 36.9 Å². The van der Waals surface area contributed by atoms with Crippen LogP contribution in [0, 0.1) is 0 Å². The first kappa shape index (κ1) is 18.5. The minimum Gasteiger partial charge on any atom is -0.504 e. The van der Waals surface area contributed by atoms with E-state index in [9.17, 15) is 10.2 Å². The van der Waals surface area contributed by atoms with Crippen LogP contribution in [0.25, 0.3) is 0 Å². The second-order valence-corrected chi connectivity index (χ2v) is 6.20. The number of hydrogen-bond acceptors (Lipinski definition) is 7. The third kappa shape index (κ3) is 4.09. The number of methoxy groups -OCH3 is 2. The van der Waals surface area contributed by atoms with Gasteiger partial charge in [0.2, 0.25) is 0 Å². The first-order valence-electron chi connectivity index (χ1n) is 8.00. The summed E-state index contributed by atoms with van der Waals surface area (Å²) in [5.41, 5.74) is 2.39. The fourth-order valence-electron chi connectivity index (χ4n) is 2.37. The van der Waals surface area contributed by atoms with Crippen LogP contribution in [0.15, 0.2) is 57.1 Å². The van der Waals surface area contributed by atoms with Crippen molar-refractivity contribution in [2.24, 2.45) is 9.98 Å². The fourth-order valence-corrected chi connectivity index (χ4v) is 3.06. The van der Waals surface area contributed by atoms with Crippen LogP contribution in [-0.2, 0) is 0 Å². The number of ether oxygens (including phenoxy) is 2. The number of thiophene rings is 1. The predicted octanol–water partition coefficient (Wildman–Crippen LogP) is 4.68. The molecule has 0 atom stereocenters. The molecule has 7 heteroatoms. The zero-order valence-electron chi connectivity index (χ0n) is 14.8. The van der Waals surface area contributed by atoms with Gasteiger partial charge < -0.3 is 19.7 Å². The Balaban J connectivity index is 1.85. The minimum absolute atomic E-state index is 0.0327. The van der Waals surface area contributed by atoms with E-state index in [0.717, 1.165) is 0 Å². The highest BCUT2D eigenvalue weighted by atomic mass is 32.1. The third-order valence-corrected chi connectivity index (χ3v) is 4.53. The van der Waals surface area contributed by atoms with Crippen molar-refractivity contribution in [2.75, 3.05) is 14.2 Å². The van der Waals surface area contributed by atoms with Crippen molar-refractivity contribution in [2.45, 2.75) is 0 Å². The lowest BCUT2D eigenvalue weighted by Crippen LogP contribution is -1.88. The van der Waals surface area contributed by atoms with Crippen molar-refractivity contribution < 1.29 is 19.7 Å². The number of para-hydroxylation sites is 2. The molecule has 0 radical (unpaired) electrons. The molecule has 0 saturated heterocycles. The molecule has 27 heavy (non-hydrogen) atoms. The molecule has 0 amide bonds. The number of nitrogens with zero attached hydrogens (tertiary/aromatic N) is 2. The number of hydrogen-bond donors (Lipinski definition) is 2. The van der Waals surface area contributed by atoms with Crippen LogP contribution in [0.2, 0.25) is 0 Å². The van der Waals surface area contributed by atoms with E-state index in [1.54, 1.807) is 48.8 Å². The maximum absolute atomic E-state index is 10.1. The highest BCUT2D eigenvalue weighted by Crippen LogP contribution is 2.34. The van der Waals surface area contributed by atoms with Crippen molar-refractivity contribution in [3.8, 4) is 23.0 Å². The van der Waals surface area contributed by atoms with E-state index in [-0.39, 0.29) is 11.5 Å².